The number of hydrogen-bond acceptors (Lipinski definition) is 4. The lowest BCUT2D eigenvalue weighted by atomic mass is 10.1. The molecule has 0 aliphatic carbocycles. The van der Waals surface area contributed by atoms with Gasteiger partial charge in [0.05, 0.1) is 6.61 Å². The molecule has 0 aromatic heterocycles. The number of ether oxygens (including phenoxy) is 1. The van der Waals surface area contributed by atoms with Crippen LogP contribution >= 0.6 is 0 Å². The summed E-state index contributed by atoms with van der Waals surface area (Å²) >= 11 is 0. The molecule has 0 saturated carbocycles. The fourth-order valence-corrected chi connectivity index (χ4v) is 1.27. The molecule has 17 heavy (non-hydrogen) atoms. The summed E-state index contributed by atoms with van der Waals surface area (Å²) in [4.78, 5) is 33.5. The zero-order valence-electron chi connectivity index (χ0n) is 9.43. The number of amides is 1. The van der Waals surface area contributed by atoms with E-state index in [0.29, 0.717) is 11.1 Å². The highest BCUT2D eigenvalue weighted by molar-refractivity contribution is 6.06. The van der Waals surface area contributed by atoms with E-state index in [2.05, 4.69) is 4.74 Å². The minimum Gasteiger partial charge on any atom is -0.466 e. The molecule has 0 saturated heterocycles. The van der Waals surface area contributed by atoms with Gasteiger partial charge >= 0.3 is 5.97 Å². The first kappa shape index (κ1) is 12.9. The van der Waals surface area contributed by atoms with Crippen molar-refractivity contribution in [3.63, 3.8) is 0 Å². The Hall–Kier alpha value is -2.17. The zero-order valence-corrected chi connectivity index (χ0v) is 9.43. The van der Waals surface area contributed by atoms with E-state index in [-0.39, 0.29) is 18.8 Å². The summed E-state index contributed by atoms with van der Waals surface area (Å²) < 4.78 is 4.66. The number of rotatable bonds is 5. The lowest BCUT2D eigenvalue weighted by molar-refractivity contribution is -0.141. The van der Waals surface area contributed by atoms with Crippen molar-refractivity contribution >= 4 is 17.7 Å². The molecular weight excluding hydrogens is 222 g/mol. The van der Waals surface area contributed by atoms with E-state index in [1.807, 2.05) is 0 Å². The van der Waals surface area contributed by atoms with Crippen molar-refractivity contribution in [2.24, 2.45) is 5.73 Å². The first-order valence-electron chi connectivity index (χ1n) is 5.13. The highest BCUT2D eigenvalue weighted by atomic mass is 16.5. The molecule has 5 heteroatoms. The summed E-state index contributed by atoms with van der Waals surface area (Å²) in [6.45, 7) is 1.91. The number of hydrogen-bond donors (Lipinski definition) is 1. The topological polar surface area (TPSA) is 86.5 Å². The normalized spacial score (nSPS) is 9.71. The van der Waals surface area contributed by atoms with Gasteiger partial charge in [-0.1, -0.05) is 12.1 Å². The Kier molecular flexibility index (Phi) is 4.39. The molecular formula is C12H13NO4. The lowest BCUT2D eigenvalue weighted by Crippen LogP contribution is -2.13. The van der Waals surface area contributed by atoms with Crippen molar-refractivity contribution in [3.8, 4) is 0 Å². The molecule has 5 nitrogen and oxygen atoms in total. The van der Waals surface area contributed by atoms with Crippen molar-refractivity contribution in [2.75, 3.05) is 6.61 Å². The molecule has 0 fully saturated rings. The van der Waals surface area contributed by atoms with Gasteiger partial charge in [-0.25, -0.2) is 0 Å². The van der Waals surface area contributed by atoms with Gasteiger partial charge in [0.15, 0.2) is 5.78 Å². The molecule has 0 atom stereocenters. The van der Waals surface area contributed by atoms with Gasteiger partial charge < -0.3 is 10.5 Å². The highest BCUT2D eigenvalue weighted by Gasteiger charge is 2.12. The third-order valence-electron chi connectivity index (χ3n) is 2.10. The van der Waals surface area contributed by atoms with Gasteiger partial charge in [0.2, 0.25) is 5.91 Å². The molecule has 0 bridgehead atoms. The molecule has 1 amide bonds. The zero-order chi connectivity index (χ0) is 12.8. The fourth-order valence-electron chi connectivity index (χ4n) is 1.27. The largest absolute Gasteiger partial charge is 0.466 e. The Balaban J connectivity index is 2.70. The Morgan fingerprint density at radius 2 is 1.65 bits per heavy atom. The maximum atomic E-state index is 11.6. The standard InChI is InChI=1S/C12H13NO4/c1-2-17-11(15)7-10(14)8-3-5-9(6-4-8)12(13)16/h3-6H,2,7H2,1H3,(H2,13,16). The Morgan fingerprint density at radius 3 is 2.12 bits per heavy atom. The van der Waals surface area contributed by atoms with Gasteiger partial charge in [-0.05, 0) is 19.1 Å². The van der Waals surface area contributed by atoms with E-state index in [1.54, 1.807) is 6.92 Å². The smallest absolute Gasteiger partial charge is 0.313 e. The average molecular weight is 235 g/mol. The second kappa shape index (κ2) is 5.79. The molecule has 0 radical (unpaired) electrons. The number of carbonyl (C=O) groups excluding carboxylic acids is 3. The summed E-state index contributed by atoms with van der Waals surface area (Å²) in [5, 5.41) is 0. The van der Waals surface area contributed by atoms with Crippen molar-refractivity contribution < 1.29 is 19.1 Å². The molecule has 0 heterocycles. The molecule has 0 spiro atoms. The van der Waals surface area contributed by atoms with Crippen molar-refractivity contribution in [1.82, 2.24) is 0 Å². The summed E-state index contributed by atoms with van der Waals surface area (Å²) in [6.07, 6.45) is -0.302. The van der Waals surface area contributed by atoms with Crippen LogP contribution in [0.3, 0.4) is 0 Å². The summed E-state index contributed by atoms with van der Waals surface area (Å²) in [5.74, 6) is -1.47. The molecule has 0 aliphatic heterocycles. The molecule has 90 valence electrons. The molecule has 0 aliphatic rings. The first-order chi connectivity index (χ1) is 8.04. The van der Waals surface area contributed by atoms with Crippen LogP contribution in [-0.4, -0.2) is 24.3 Å². The second-order valence-corrected chi connectivity index (χ2v) is 3.35. The molecule has 1 rings (SSSR count). The quantitative estimate of drug-likeness (QED) is 0.467. The SMILES string of the molecule is CCOC(=O)CC(=O)c1ccc(C(N)=O)cc1. The van der Waals surface area contributed by atoms with Crippen LogP contribution in [-0.2, 0) is 9.53 Å². The van der Waals surface area contributed by atoms with Crippen LogP contribution in [0.25, 0.3) is 0 Å². The van der Waals surface area contributed by atoms with Crippen LogP contribution in [0.15, 0.2) is 24.3 Å². The van der Waals surface area contributed by atoms with E-state index in [1.165, 1.54) is 24.3 Å². The van der Waals surface area contributed by atoms with Crippen LogP contribution in [0.1, 0.15) is 34.1 Å². The van der Waals surface area contributed by atoms with Crippen LogP contribution in [0.2, 0.25) is 0 Å². The highest BCUT2D eigenvalue weighted by Crippen LogP contribution is 2.07. The summed E-state index contributed by atoms with van der Waals surface area (Å²) in [6, 6.07) is 5.81. The van der Waals surface area contributed by atoms with Gasteiger partial charge in [0.25, 0.3) is 0 Å². The number of Topliss-reactive ketones (excluding diaryl/α,β-unsaturated/α-hetero) is 1. The summed E-state index contributed by atoms with van der Waals surface area (Å²) in [5.41, 5.74) is 5.73. The number of nitrogens with two attached hydrogens (primary N) is 1. The van der Waals surface area contributed by atoms with Crippen molar-refractivity contribution in [1.29, 1.82) is 0 Å². The predicted molar refractivity (Wildman–Crippen MR) is 60.5 cm³/mol. The Bertz CT molecular complexity index is 436. The Labute approximate surface area is 98.6 Å². The number of benzene rings is 1. The monoisotopic (exact) mass is 235 g/mol. The number of carbonyl (C=O) groups is 3. The maximum absolute atomic E-state index is 11.6. The van der Waals surface area contributed by atoms with E-state index in [4.69, 9.17) is 5.73 Å². The van der Waals surface area contributed by atoms with Gasteiger partial charge in [-0.15, -0.1) is 0 Å². The number of primary amides is 1. The van der Waals surface area contributed by atoms with Crippen molar-refractivity contribution in [3.05, 3.63) is 35.4 Å². The minimum atomic E-state index is -0.561. The number of esters is 1. The average Bonchev–Trinajstić information content (AvgIpc) is 2.29. The van der Waals surface area contributed by atoms with E-state index in [9.17, 15) is 14.4 Å². The van der Waals surface area contributed by atoms with Crippen LogP contribution in [0.4, 0.5) is 0 Å². The van der Waals surface area contributed by atoms with Crippen molar-refractivity contribution in [2.45, 2.75) is 13.3 Å². The predicted octanol–water partition coefficient (Wildman–Crippen LogP) is 0.921. The molecule has 1 aromatic carbocycles. The van der Waals surface area contributed by atoms with Crippen LogP contribution < -0.4 is 5.73 Å². The van der Waals surface area contributed by atoms with Gasteiger partial charge in [0.1, 0.15) is 6.42 Å². The van der Waals surface area contributed by atoms with E-state index in [0.717, 1.165) is 0 Å². The maximum Gasteiger partial charge on any atom is 0.313 e. The Morgan fingerprint density at radius 1 is 1.12 bits per heavy atom. The first-order valence-corrected chi connectivity index (χ1v) is 5.13. The second-order valence-electron chi connectivity index (χ2n) is 3.35. The van der Waals surface area contributed by atoms with Gasteiger partial charge in [0, 0.05) is 11.1 Å². The molecule has 2 N–H and O–H groups in total. The van der Waals surface area contributed by atoms with E-state index >= 15 is 0 Å². The third kappa shape index (κ3) is 3.71. The van der Waals surface area contributed by atoms with Gasteiger partial charge in [-0.3, -0.25) is 14.4 Å². The molecule has 0 unspecified atom stereocenters. The van der Waals surface area contributed by atoms with Gasteiger partial charge in [-0.2, -0.15) is 0 Å². The van der Waals surface area contributed by atoms with Crippen LogP contribution in [0, 0.1) is 0 Å². The van der Waals surface area contributed by atoms with Crippen LogP contribution in [0.5, 0.6) is 0 Å². The number of ketones is 1. The minimum absolute atomic E-state index is 0.243. The fraction of sp³-hybridized carbons (Fsp3) is 0.250. The van der Waals surface area contributed by atoms with E-state index < -0.39 is 11.9 Å². The lowest BCUT2D eigenvalue weighted by Gasteiger charge is -2.02. The molecule has 1 aromatic rings. The third-order valence-corrected chi connectivity index (χ3v) is 2.10. The summed E-state index contributed by atoms with van der Waals surface area (Å²) in [7, 11) is 0.